The number of hydrogen-bond acceptors (Lipinski definition) is 3. The van der Waals surface area contributed by atoms with Gasteiger partial charge in [-0.3, -0.25) is 9.36 Å². The maximum absolute atomic E-state index is 11.9. The number of nitriles is 1. The van der Waals surface area contributed by atoms with Crippen LogP contribution in [0.5, 0.6) is 0 Å². The molecule has 0 atom stereocenters. The average Bonchev–Trinajstić information content (AvgIpc) is 2.37. The van der Waals surface area contributed by atoms with E-state index in [1.807, 2.05) is 6.07 Å². The van der Waals surface area contributed by atoms with Gasteiger partial charge in [0, 0.05) is 17.6 Å². The largest absolute Gasteiger partial charge is 0.385 e. The first-order chi connectivity index (χ1) is 8.54. The van der Waals surface area contributed by atoms with Gasteiger partial charge in [-0.25, -0.2) is 0 Å². The Kier molecular flexibility index (Phi) is 3.09. The van der Waals surface area contributed by atoms with Gasteiger partial charge < -0.3 is 5.73 Å². The van der Waals surface area contributed by atoms with Gasteiger partial charge >= 0.3 is 0 Å². The third-order valence-corrected chi connectivity index (χ3v) is 2.99. The Hall–Kier alpha value is -2.25. The minimum absolute atomic E-state index is 0.0778. The predicted molar refractivity (Wildman–Crippen MR) is 71.3 cm³/mol. The number of pyridine rings is 1. The number of benzene rings is 1. The lowest BCUT2D eigenvalue weighted by Crippen LogP contribution is -2.23. The second kappa shape index (κ2) is 4.55. The number of anilines is 1. The van der Waals surface area contributed by atoms with Crippen molar-refractivity contribution in [1.29, 1.82) is 5.26 Å². The van der Waals surface area contributed by atoms with Crippen LogP contribution in [0.1, 0.15) is 5.56 Å². The number of nitrogens with zero attached hydrogens (tertiary/aromatic N) is 2. The highest BCUT2D eigenvalue weighted by atomic mass is 35.5. The quantitative estimate of drug-likeness (QED) is 0.853. The first-order valence-corrected chi connectivity index (χ1v) is 5.58. The normalized spacial score (nSPS) is 10.1. The van der Waals surface area contributed by atoms with Crippen molar-refractivity contribution in [2.24, 2.45) is 7.05 Å². The lowest BCUT2D eigenvalue weighted by atomic mass is 10.0. The Morgan fingerprint density at radius 1 is 1.33 bits per heavy atom. The Morgan fingerprint density at radius 3 is 2.50 bits per heavy atom. The first-order valence-electron chi connectivity index (χ1n) is 5.20. The third kappa shape index (κ3) is 1.96. The van der Waals surface area contributed by atoms with Crippen LogP contribution in [0.4, 0.5) is 5.82 Å². The highest BCUT2D eigenvalue weighted by molar-refractivity contribution is 6.30. The van der Waals surface area contributed by atoms with Crippen LogP contribution in [0.15, 0.2) is 35.1 Å². The van der Waals surface area contributed by atoms with Crippen molar-refractivity contribution in [1.82, 2.24) is 4.57 Å². The molecular formula is C13H10ClN3O. The number of halogens is 1. The molecule has 0 aliphatic heterocycles. The van der Waals surface area contributed by atoms with Gasteiger partial charge in [0.25, 0.3) is 5.56 Å². The molecule has 4 nitrogen and oxygen atoms in total. The zero-order valence-corrected chi connectivity index (χ0v) is 10.4. The number of nitrogen functional groups attached to an aromatic ring is 1. The predicted octanol–water partition coefficient (Wildman–Crippen LogP) is 2.16. The van der Waals surface area contributed by atoms with Gasteiger partial charge in [-0.15, -0.1) is 0 Å². The van der Waals surface area contributed by atoms with Crippen LogP contribution in [-0.2, 0) is 7.05 Å². The highest BCUT2D eigenvalue weighted by Gasteiger charge is 2.12. The van der Waals surface area contributed by atoms with E-state index in [9.17, 15) is 4.79 Å². The van der Waals surface area contributed by atoms with E-state index in [1.165, 1.54) is 11.6 Å². The summed E-state index contributed by atoms with van der Waals surface area (Å²) in [5.74, 6) is 0.309. The molecule has 0 aliphatic rings. The maximum Gasteiger partial charge on any atom is 0.270 e. The number of aromatic nitrogens is 1. The molecule has 0 amide bonds. The van der Waals surface area contributed by atoms with E-state index < -0.39 is 5.56 Å². The molecule has 1 aromatic heterocycles. The van der Waals surface area contributed by atoms with Crippen LogP contribution in [0.2, 0.25) is 5.02 Å². The van der Waals surface area contributed by atoms with E-state index in [1.54, 1.807) is 30.3 Å². The molecular weight excluding hydrogens is 250 g/mol. The minimum atomic E-state index is -0.401. The SMILES string of the molecule is Cn1c(N)cc(-c2ccc(Cl)cc2)c(C#N)c1=O. The monoisotopic (exact) mass is 259 g/mol. The lowest BCUT2D eigenvalue weighted by molar-refractivity contribution is 0.871. The summed E-state index contributed by atoms with van der Waals surface area (Å²) in [7, 11) is 1.53. The van der Waals surface area contributed by atoms with Crippen LogP contribution < -0.4 is 11.3 Å². The van der Waals surface area contributed by atoms with Crippen LogP contribution in [0, 0.1) is 11.3 Å². The molecule has 5 heteroatoms. The van der Waals surface area contributed by atoms with Gasteiger partial charge in [0.1, 0.15) is 17.5 Å². The zero-order valence-electron chi connectivity index (χ0n) is 9.64. The second-order valence-electron chi connectivity index (χ2n) is 3.84. The van der Waals surface area contributed by atoms with E-state index in [4.69, 9.17) is 22.6 Å². The van der Waals surface area contributed by atoms with Gasteiger partial charge in [-0.1, -0.05) is 23.7 Å². The molecule has 18 heavy (non-hydrogen) atoms. The molecule has 0 aliphatic carbocycles. The summed E-state index contributed by atoms with van der Waals surface area (Å²) in [6.07, 6.45) is 0. The van der Waals surface area contributed by atoms with Crippen LogP contribution >= 0.6 is 11.6 Å². The molecule has 1 aromatic carbocycles. The standard InChI is InChI=1S/C13H10ClN3O/c1-17-12(16)6-10(11(7-15)13(17)18)8-2-4-9(14)5-3-8/h2-6H,16H2,1H3. The topological polar surface area (TPSA) is 71.8 Å². The third-order valence-electron chi connectivity index (χ3n) is 2.73. The van der Waals surface area contributed by atoms with Crippen LogP contribution in [0.25, 0.3) is 11.1 Å². The summed E-state index contributed by atoms with van der Waals surface area (Å²) in [6.45, 7) is 0. The second-order valence-corrected chi connectivity index (χ2v) is 4.28. The molecule has 0 saturated heterocycles. The van der Waals surface area contributed by atoms with E-state index in [-0.39, 0.29) is 5.56 Å². The fourth-order valence-corrected chi connectivity index (χ4v) is 1.81. The lowest BCUT2D eigenvalue weighted by Gasteiger charge is -2.09. The molecule has 1 heterocycles. The van der Waals surface area contributed by atoms with Crippen LogP contribution in [0.3, 0.4) is 0 Å². The first kappa shape index (κ1) is 12.2. The molecule has 0 saturated carbocycles. The van der Waals surface area contributed by atoms with Crippen molar-refractivity contribution in [2.45, 2.75) is 0 Å². The van der Waals surface area contributed by atoms with Crippen molar-refractivity contribution in [2.75, 3.05) is 5.73 Å². The van der Waals surface area contributed by atoms with Gasteiger partial charge in [0.2, 0.25) is 0 Å². The minimum Gasteiger partial charge on any atom is -0.385 e. The molecule has 2 N–H and O–H groups in total. The van der Waals surface area contributed by atoms with Crippen molar-refractivity contribution in [3.63, 3.8) is 0 Å². The smallest absolute Gasteiger partial charge is 0.270 e. The number of nitrogens with two attached hydrogens (primary N) is 1. The molecule has 0 radical (unpaired) electrons. The zero-order chi connectivity index (χ0) is 13.3. The fraction of sp³-hybridized carbons (Fsp3) is 0.0769. The van der Waals surface area contributed by atoms with Gasteiger partial charge in [0.15, 0.2) is 0 Å². The van der Waals surface area contributed by atoms with Gasteiger partial charge in [-0.2, -0.15) is 5.26 Å². The van der Waals surface area contributed by atoms with E-state index in [0.717, 1.165) is 5.56 Å². The molecule has 90 valence electrons. The van der Waals surface area contributed by atoms with Gasteiger partial charge in [0.05, 0.1) is 0 Å². The molecule has 2 aromatic rings. The highest BCUT2D eigenvalue weighted by Crippen LogP contribution is 2.24. The molecule has 0 spiro atoms. The van der Waals surface area contributed by atoms with Crippen molar-refractivity contribution >= 4 is 17.4 Å². The molecule has 2 rings (SSSR count). The summed E-state index contributed by atoms with van der Waals surface area (Å²) in [5, 5.41) is 9.69. The Balaban J connectivity index is 2.76. The summed E-state index contributed by atoms with van der Waals surface area (Å²) in [4.78, 5) is 11.9. The van der Waals surface area contributed by atoms with Gasteiger partial charge in [-0.05, 0) is 23.8 Å². The van der Waals surface area contributed by atoms with Crippen molar-refractivity contribution in [3.8, 4) is 17.2 Å². The van der Waals surface area contributed by atoms with E-state index >= 15 is 0 Å². The molecule has 0 bridgehead atoms. The maximum atomic E-state index is 11.9. The summed E-state index contributed by atoms with van der Waals surface area (Å²) < 4.78 is 1.25. The molecule has 0 unspecified atom stereocenters. The van der Waals surface area contributed by atoms with Crippen molar-refractivity contribution in [3.05, 3.63) is 51.3 Å². The van der Waals surface area contributed by atoms with Crippen molar-refractivity contribution < 1.29 is 0 Å². The summed E-state index contributed by atoms with van der Waals surface area (Å²) in [5.41, 5.74) is 6.68. The van der Waals surface area contributed by atoms with E-state index in [0.29, 0.717) is 16.4 Å². The summed E-state index contributed by atoms with van der Waals surface area (Å²) >= 11 is 5.81. The van der Waals surface area contributed by atoms with Crippen LogP contribution in [-0.4, -0.2) is 4.57 Å². The Bertz CT molecular complexity index is 696. The molecule has 0 fully saturated rings. The number of hydrogen-bond donors (Lipinski definition) is 1. The van der Waals surface area contributed by atoms with E-state index in [2.05, 4.69) is 0 Å². The Morgan fingerprint density at radius 2 is 1.94 bits per heavy atom. The number of rotatable bonds is 1. The summed E-state index contributed by atoms with van der Waals surface area (Å²) in [6, 6.07) is 10.4. The average molecular weight is 260 g/mol. The fourth-order valence-electron chi connectivity index (χ4n) is 1.68. The Labute approximate surface area is 109 Å².